The Labute approximate surface area is 193 Å². The van der Waals surface area contributed by atoms with Crippen molar-refractivity contribution in [1.29, 1.82) is 0 Å². The summed E-state index contributed by atoms with van der Waals surface area (Å²) in [6.45, 7) is 5.61. The lowest BCUT2D eigenvalue weighted by Gasteiger charge is -2.18. The van der Waals surface area contributed by atoms with Crippen LogP contribution in [0.2, 0.25) is 5.02 Å². The van der Waals surface area contributed by atoms with Crippen LogP contribution >= 0.6 is 11.6 Å². The second kappa shape index (κ2) is 10.3. The van der Waals surface area contributed by atoms with Crippen molar-refractivity contribution in [3.05, 3.63) is 64.2 Å². The number of aromatic nitrogens is 2. The minimum Gasteiger partial charge on any atom is -0.395 e. The van der Waals surface area contributed by atoms with E-state index in [4.69, 9.17) is 22.7 Å². The van der Waals surface area contributed by atoms with Gasteiger partial charge in [-0.25, -0.2) is 18.7 Å². The van der Waals surface area contributed by atoms with Crippen LogP contribution in [-0.4, -0.2) is 21.6 Å². The summed E-state index contributed by atoms with van der Waals surface area (Å²) in [7, 11) is 0. The van der Waals surface area contributed by atoms with E-state index >= 15 is 0 Å². The van der Waals surface area contributed by atoms with Gasteiger partial charge in [0.05, 0.1) is 17.8 Å². The standard InChI is InChI=1S/C25H29ClF2N4/c1-3-12-25(27,28)15-16(2)23-22(30)24(20(29)14-18-10-6-7-11-19(18)26)32-21(31-23)13-17-8-4-5-9-17/h6-7,10-11,13,29H,2-5,8-9,12,14-15,30H2,1H3/p+1. The Hall–Kier alpha value is -2.60. The van der Waals surface area contributed by atoms with E-state index in [0.29, 0.717) is 35.1 Å². The molecule has 3 rings (SSSR count). The zero-order chi connectivity index (χ0) is 23.3. The van der Waals surface area contributed by atoms with Crippen molar-refractivity contribution in [3.63, 3.8) is 0 Å². The highest BCUT2D eigenvalue weighted by Crippen LogP contribution is 2.34. The molecule has 0 atom stereocenters. The molecule has 4 nitrogen and oxygen atoms in total. The predicted octanol–water partition coefficient (Wildman–Crippen LogP) is 5.30. The van der Waals surface area contributed by atoms with Crippen molar-refractivity contribution in [3.8, 4) is 0 Å². The van der Waals surface area contributed by atoms with E-state index in [9.17, 15) is 8.78 Å². The van der Waals surface area contributed by atoms with Crippen LogP contribution < -0.4 is 11.1 Å². The number of alkyl halides is 2. The van der Waals surface area contributed by atoms with Gasteiger partial charge in [-0.3, -0.25) is 5.41 Å². The van der Waals surface area contributed by atoms with E-state index in [1.54, 1.807) is 13.0 Å². The van der Waals surface area contributed by atoms with E-state index in [1.165, 1.54) is 5.57 Å². The molecule has 0 saturated heterocycles. The fourth-order valence-corrected chi connectivity index (χ4v) is 4.20. The van der Waals surface area contributed by atoms with Gasteiger partial charge >= 0.3 is 0 Å². The van der Waals surface area contributed by atoms with Crippen molar-refractivity contribution >= 4 is 34.6 Å². The Kier molecular flexibility index (Phi) is 7.77. The third-order valence-electron chi connectivity index (χ3n) is 5.61. The Morgan fingerprint density at radius 1 is 1.22 bits per heavy atom. The molecule has 2 aromatic rings. The zero-order valence-corrected chi connectivity index (χ0v) is 19.2. The molecule has 1 fully saturated rings. The largest absolute Gasteiger partial charge is 0.395 e. The van der Waals surface area contributed by atoms with Crippen LogP contribution in [0.4, 0.5) is 14.5 Å². The minimum atomic E-state index is -2.87. The number of nitrogen functional groups attached to an aromatic ring is 1. The summed E-state index contributed by atoms with van der Waals surface area (Å²) in [6, 6.07) is 7.37. The molecule has 1 heterocycles. The Balaban J connectivity index is 2.00. The topological polar surface area (TPSA) is 77.4 Å². The number of benzene rings is 1. The fraction of sp³-hybridized carbons (Fsp3) is 0.400. The summed E-state index contributed by atoms with van der Waals surface area (Å²) in [6.07, 6.45) is 6.09. The maximum Gasteiger partial charge on any atom is 0.252 e. The molecular formula is C25H30ClF2N4+. The number of hydrogen-bond acceptors (Lipinski definition) is 3. The average molecular weight is 460 g/mol. The molecule has 7 heteroatoms. The number of nitrogens with zero attached hydrogens (tertiary/aromatic N) is 2. The lowest BCUT2D eigenvalue weighted by Crippen LogP contribution is -2.43. The number of anilines is 1. The van der Waals surface area contributed by atoms with E-state index < -0.39 is 12.3 Å². The smallest absolute Gasteiger partial charge is 0.252 e. The Morgan fingerprint density at radius 3 is 2.53 bits per heavy atom. The van der Waals surface area contributed by atoms with E-state index in [2.05, 4.69) is 16.5 Å². The van der Waals surface area contributed by atoms with Crippen LogP contribution in [0.3, 0.4) is 0 Å². The second-order valence-corrected chi connectivity index (χ2v) is 8.79. The van der Waals surface area contributed by atoms with Crippen molar-refractivity contribution in [1.82, 2.24) is 9.97 Å². The highest BCUT2D eigenvalue weighted by Gasteiger charge is 2.31. The molecule has 170 valence electrons. The van der Waals surface area contributed by atoms with E-state index in [-0.39, 0.29) is 23.4 Å². The predicted molar refractivity (Wildman–Crippen MR) is 128 cm³/mol. The summed E-state index contributed by atoms with van der Waals surface area (Å²) in [4.78, 5) is 9.10. The summed E-state index contributed by atoms with van der Waals surface area (Å²) >= 11 is 6.28. The number of rotatable bonds is 9. The molecular weight excluding hydrogens is 430 g/mol. The summed E-state index contributed by atoms with van der Waals surface area (Å²) in [5.41, 5.74) is 9.76. The van der Waals surface area contributed by atoms with Gasteiger partial charge in [0.1, 0.15) is 0 Å². The fourth-order valence-electron chi connectivity index (χ4n) is 4.00. The van der Waals surface area contributed by atoms with Crippen molar-refractivity contribution in [2.75, 3.05) is 5.73 Å². The third kappa shape index (κ3) is 6.00. The van der Waals surface area contributed by atoms with E-state index in [0.717, 1.165) is 31.2 Å². The molecule has 0 amide bonds. The maximum atomic E-state index is 14.3. The molecule has 1 saturated carbocycles. The highest BCUT2D eigenvalue weighted by atomic mass is 35.5. The van der Waals surface area contributed by atoms with Gasteiger partial charge in [0, 0.05) is 17.9 Å². The Morgan fingerprint density at radius 2 is 1.88 bits per heavy atom. The molecule has 0 unspecified atom stereocenters. The normalized spacial score (nSPS) is 13.9. The first kappa shape index (κ1) is 24.1. The Bertz CT molecular complexity index is 1040. The monoisotopic (exact) mass is 459 g/mol. The molecule has 0 aliphatic heterocycles. The first-order valence-corrected chi connectivity index (χ1v) is 11.4. The van der Waals surface area contributed by atoms with Gasteiger partial charge in [-0.05, 0) is 49.0 Å². The molecule has 4 N–H and O–H groups in total. The molecule has 32 heavy (non-hydrogen) atoms. The van der Waals surface area contributed by atoms with E-state index in [1.807, 2.05) is 24.3 Å². The SMILES string of the molecule is C=C(CC(F)(F)CCC)c1nc(C=C2CCCC2)nc(C(=[NH2+])Cc2ccccc2Cl)c1N. The second-order valence-electron chi connectivity index (χ2n) is 8.38. The molecule has 1 aromatic heterocycles. The van der Waals surface area contributed by atoms with Gasteiger partial charge in [0.2, 0.25) is 5.71 Å². The van der Waals surface area contributed by atoms with Crippen LogP contribution in [0.5, 0.6) is 0 Å². The van der Waals surface area contributed by atoms with Crippen LogP contribution in [0.1, 0.15) is 74.6 Å². The first-order chi connectivity index (χ1) is 15.2. The molecule has 0 radical (unpaired) electrons. The van der Waals surface area contributed by atoms with Crippen LogP contribution in [0.15, 0.2) is 36.4 Å². The van der Waals surface area contributed by atoms with Crippen LogP contribution in [0.25, 0.3) is 11.6 Å². The minimum absolute atomic E-state index is 0.167. The first-order valence-electron chi connectivity index (χ1n) is 11.0. The molecule has 1 aliphatic rings. The molecule has 0 bridgehead atoms. The number of halogens is 3. The van der Waals surface area contributed by atoms with Crippen molar-refractivity contribution < 1.29 is 14.2 Å². The number of allylic oxidation sites excluding steroid dienone is 2. The molecule has 0 spiro atoms. The number of hydrogen-bond donors (Lipinski definition) is 2. The van der Waals surface area contributed by atoms with Gasteiger partial charge in [-0.1, -0.05) is 55.3 Å². The maximum absolute atomic E-state index is 14.3. The summed E-state index contributed by atoms with van der Waals surface area (Å²) < 4.78 is 28.6. The van der Waals surface area contributed by atoms with Crippen LogP contribution in [-0.2, 0) is 6.42 Å². The molecule has 1 aromatic carbocycles. The summed E-state index contributed by atoms with van der Waals surface area (Å²) in [5.74, 6) is -2.46. The van der Waals surface area contributed by atoms with Crippen molar-refractivity contribution in [2.24, 2.45) is 0 Å². The molecule has 1 aliphatic carbocycles. The average Bonchev–Trinajstić information content (AvgIpc) is 3.23. The lowest BCUT2D eigenvalue weighted by molar-refractivity contribution is -0.114. The number of nitrogens with two attached hydrogens (primary N) is 2. The van der Waals surface area contributed by atoms with Gasteiger partial charge in [0.15, 0.2) is 11.5 Å². The van der Waals surface area contributed by atoms with Gasteiger partial charge in [0.25, 0.3) is 5.92 Å². The third-order valence-corrected chi connectivity index (χ3v) is 5.98. The lowest BCUT2D eigenvalue weighted by atomic mass is 9.98. The zero-order valence-electron chi connectivity index (χ0n) is 18.4. The van der Waals surface area contributed by atoms with Gasteiger partial charge in [-0.2, -0.15) is 0 Å². The van der Waals surface area contributed by atoms with Gasteiger partial charge in [-0.15, -0.1) is 0 Å². The highest BCUT2D eigenvalue weighted by molar-refractivity contribution is 6.31. The van der Waals surface area contributed by atoms with Crippen molar-refractivity contribution in [2.45, 2.75) is 64.2 Å². The van der Waals surface area contributed by atoms with Gasteiger partial charge < -0.3 is 5.73 Å². The quantitative estimate of drug-likeness (QED) is 0.499. The van der Waals surface area contributed by atoms with Crippen LogP contribution in [0, 0.1) is 0 Å². The summed E-state index contributed by atoms with van der Waals surface area (Å²) in [5, 5.41) is 6.99.